The van der Waals surface area contributed by atoms with Crippen LogP contribution in [0.5, 0.6) is 5.75 Å². The summed E-state index contributed by atoms with van der Waals surface area (Å²) in [4.78, 5) is 13.4. The lowest BCUT2D eigenvalue weighted by molar-refractivity contribution is -0.208. The van der Waals surface area contributed by atoms with E-state index in [-0.39, 0.29) is 0 Å². The Balaban J connectivity index is 1.84. The van der Waals surface area contributed by atoms with Crippen LogP contribution in [0.4, 0.5) is 43.9 Å². The molecule has 38 heavy (non-hydrogen) atoms. The Morgan fingerprint density at radius 2 is 1.03 bits per heavy atom. The topological polar surface area (TPSA) is 26.3 Å². The molecule has 0 heterocycles. The second-order valence-electron chi connectivity index (χ2n) is 8.80. The van der Waals surface area contributed by atoms with Gasteiger partial charge in [0.05, 0.1) is 0 Å². The van der Waals surface area contributed by atoms with Gasteiger partial charge in [-0.1, -0.05) is 60.7 Å². The molecule has 12 heteroatoms. The van der Waals surface area contributed by atoms with Crippen LogP contribution < -0.4 is 4.74 Å². The molecule has 0 amide bonds. The molecule has 0 radical (unpaired) electrons. The van der Waals surface area contributed by atoms with Gasteiger partial charge in [0.2, 0.25) is 52.0 Å². The Bertz CT molecular complexity index is 1480. The summed E-state index contributed by atoms with van der Waals surface area (Å²) >= 11 is 0. The minimum atomic E-state index is -4.68. The van der Waals surface area contributed by atoms with Crippen molar-refractivity contribution < 1.29 is 53.4 Å². The van der Waals surface area contributed by atoms with Gasteiger partial charge in [-0.05, 0) is 5.56 Å². The monoisotopic (exact) mass is 546 g/mol. The van der Waals surface area contributed by atoms with Crippen molar-refractivity contribution in [3.8, 4) is 5.75 Å². The van der Waals surface area contributed by atoms with Gasteiger partial charge in [-0.2, -0.15) is 8.78 Å². The molecule has 4 atom stereocenters. The summed E-state index contributed by atoms with van der Waals surface area (Å²) in [6, 6.07) is 10.3. The molecule has 0 unspecified atom stereocenters. The number of benzene rings is 3. The number of fused-ring (bicyclic) bond motifs is 2. The van der Waals surface area contributed by atoms with Crippen molar-refractivity contribution in [2.45, 2.75) is 29.1 Å². The standard InChI is InChI=1S/C26H12F10O2/c27-14-15(28)17(30)19(18(31)16(14)29)38-21-20(32)24(34)11-23(33,12-7-3-1-4-8-12)26(21,36)22(37)25(24,35)13-9-5-2-6-10-13/h1-10H,11H2/t23-,24-,25-,26+/m1/s1. The van der Waals surface area contributed by atoms with Crippen LogP contribution in [0.25, 0.3) is 0 Å². The predicted octanol–water partition coefficient (Wildman–Crippen LogP) is 7.08. The SMILES string of the molecule is O=C1[C@@]2(F)C(Oc3c(F)c(F)c(F)c(F)c3F)=C(F)[C@](F)(C[C@@]2(F)c2ccccc2)[C@@]1(F)c1ccccc1. The fraction of sp³-hybridized carbons (Fsp3) is 0.192. The highest BCUT2D eigenvalue weighted by Gasteiger charge is 2.86. The Morgan fingerprint density at radius 3 is 1.53 bits per heavy atom. The number of hydrogen-bond donors (Lipinski definition) is 0. The van der Waals surface area contributed by atoms with E-state index in [1.807, 2.05) is 0 Å². The number of alkyl halides is 4. The molecule has 0 saturated heterocycles. The van der Waals surface area contributed by atoms with Crippen molar-refractivity contribution in [2.24, 2.45) is 0 Å². The van der Waals surface area contributed by atoms with Crippen molar-refractivity contribution in [3.63, 3.8) is 0 Å². The molecule has 3 aromatic rings. The average molecular weight is 546 g/mol. The zero-order valence-electron chi connectivity index (χ0n) is 18.6. The molecule has 3 aliphatic carbocycles. The van der Waals surface area contributed by atoms with Gasteiger partial charge in [0, 0.05) is 12.0 Å². The first kappa shape index (κ1) is 25.8. The summed E-state index contributed by atoms with van der Waals surface area (Å²) in [5, 5.41) is 0. The van der Waals surface area contributed by atoms with E-state index in [1.165, 1.54) is 12.1 Å². The smallest absolute Gasteiger partial charge is 0.269 e. The van der Waals surface area contributed by atoms with E-state index >= 15 is 22.0 Å². The summed E-state index contributed by atoms with van der Waals surface area (Å²) in [5.41, 5.74) is -19.0. The van der Waals surface area contributed by atoms with Gasteiger partial charge >= 0.3 is 0 Å². The molecule has 198 valence electrons. The van der Waals surface area contributed by atoms with Gasteiger partial charge in [-0.3, -0.25) is 4.79 Å². The number of carbonyl (C=O) groups excluding carboxylic acids is 1. The van der Waals surface area contributed by atoms with E-state index in [1.54, 1.807) is 0 Å². The molecule has 1 saturated carbocycles. The molecule has 0 aliphatic heterocycles. The Morgan fingerprint density at radius 1 is 0.579 bits per heavy atom. The molecule has 2 bridgehead atoms. The van der Waals surface area contributed by atoms with Crippen molar-refractivity contribution >= 4 is 5.78 Å². The van der Waals surface area contributed by atoms with Gasteiger partial charge in [0.15, 0.2) is 17.3 Å². The van der Waals surface area contributed by atoms with Crippen molar-refractivity contribution in [1.29, 1.82) is 0 Å². The predicted molar refractivity (Wildman–Crippen MR) is 111 cm³/mol. The first-order chi connectivity index (χ1) is 17.8. The zero-order chi connectivity index (χ0) is 27.8. The average Bonchev–Trinajstić information content (AvgIpc) is 2.93. The first-order valence-electron chi connectivity index (χ1n) is 10.8. The van der Waals surface area contributed by atoms with E-state index in [0.717, 1.165) is 48.5 Å². The van der Waals surface area contributed by atoms with Gasteiger partial charge in [0.25, 0.3) is 5.67 Å². The summed E-state index contributed by atoms with van der Waals surface area (Å²) in [5.74, 6) is -23.4. The number of halogens is 10. The molecule has 1 fully saturated rings. The molecule has 0 spiro atoms. The molecular formula is C26H12F10O2. The Kier molecular flexibility index (Phi) is 5.49. The van der Waals surface area contributed by atoms with E-state index in [0.29, 0.717) is 0 Å². The molecule has 0 N–H and O–H groups in total. The number of ketones is 1. The summed E-state index contributed by atoms with van der Waals surface area (Å²) in [7, 11) is 0. The van der Waals surface area contributed by atoms with Gasteiger partial charge in [-0.25, -0.2) is 35.1 Å². The van der Waals surface area contributed by atoms with Crippen LogP contribution in [0.15, 0.2) is 72.2 Å². The third kappa shape index (κ3) is 2.88. The Labute approximate surface area is 207 Å². The minimum Gasteiger partial charge on any atom is -0.448 e. The summed E-state index contributed by atoms with van der Waals surface area (Å²) < 4.78 is 156. The Hall–Kier alpha value is -3.83. The van der Waals surface area contributed by atoms with Crippen LogP contribution in [0.1, 0.15) is 17.5 Å². The molecule has 6 rings (SSSR count). The van der Waals surface area contributed by atoms with Crippen molar-refractivity contribution in [1.82, 2.24) is 0 Å². The van der Waals surface area contributed by atoms with Gasteiger partial charge < -0.3 is 4.74 Å². The lowest BCUT2D eigenvalue weighted by Gasteiger charge is -2.56. The number of hydrogen-bond acceptors (Lipinski definition) is 2. The molecule has 3 aromatic carbocycles. The molecule has 3 aliphatic rings. The zero-order valence-corrected chi connectivity index (χ0v) is 18.6. The first-order valence-corrected chi connectivity index (χ1v) is 10.8. The largest absolute Gasteiger partial charge is 0.448 e. The van der Waals surface area contributed by atoms with Crippen LogP contribution in [0.2, 0.25) is 0 Å². The highest BCUT2D eigenvalue weighted by Crippen LogP contribution is 2.69. The van der Waals surface area contributed by atoms with E-state index < -0.39 is 92.4 Å². The number of rotatable bonds is 4. The van der Waals surface area contributed by atoms with E-state index in [2.05, 4.69) is 4.74 Å². The highest BCUT2D eigenvalue weighted by atomic mass is 19.2. The number of carbonyl (C=O) groups is 1. The lowest BCUT2D eigenvalue weighted by atomic mass is 9.52. The lowest BCUT2D eigenvalue weighted by Crippen LogP contribution is -2.75. The van der Waals surface area contributed by atoms with Crippen molar-refractivity contribution in [2.75, 3.05) is 0 Å². The van der Waals surface area contributed by atoms with E-state index in [4.69, 9.17) is 0 Å². The minimum absolute atomic E-state index is 0.795. The maximum Gasteiger partial charge on any atom is 0.269 e. The summed E-state index contributed by atoms with van der Waals surface area (Å²) in [6.45, 7) is 0. The highest BCUT2D eigenvalue weighted by molar-refractivity contribution is 6.04. The molecule has 0 aromatic heterocycles. The van der Waals surface area contributed by atoms with Crippen LogP contribution in [0, 0.1) is 29.1 Å². The third-order valence-electron chi connectivity index (χ3n) is 6.84. The normalized spacial score (nSPS) is 30.6. The molecule has 2 nitrogen and oxygen atoms in total. The quantitative estimate of drug-likeness (QED) is 0.199. The van der Waals surface area contributed by atoms with Crippen LogP contribution >= 0.6 is 0 Å². The van der Waals surface area contributed by atoms with Crippen LogP contribution in [0.3, 0.4) is 0 Å². The van der Waals surface area contributed by atoms with Crippen LogP contribution in [-0.4, -0.2) is 17.1 Å². The second kappa shape index (κ2) is 8.08. The number of Topliss-reactive ketones (excluding diaryl/α,β-unsaturated/α-hetero) is 1. The van der Waals surface area contributed by atoms with Gasteiger partial charge in [0.1, 0.15) is 0 Å². The summed E-state index contributed by atoms with van der Waals surface area (Å²) in [6.07, 6.45) is -1.99. The van der Waals surface area contributed by atoms with E-state index in [9.17, 15) is 26.7 Å². The maximum absolute atomic E-state index is 16.9. The maximum atomic E-state index is 16.9. The van der Waals surface area contributed by atoms with Crippen molar-refractivity contribution in [3.05, 3.63) is 112 Å². The fourth-order valence-electron chi connectivity index (χ4n) is 4.94. The number of ether oxygens (including phenoxy) is 1. The van der Waals surface area contributed by atoms with Gasteiger partial charge in [-0.15, -0.1) is 0 Å². The second-order valence-corrected chi connectivity index (χ2v) is 8.80. The fourth-order valence-corrected chi connectivity index (χ4v) is 4.94. The third-order valence-corrected chi connectivity index (χ3v) is 6.84. The molecular weight excluding hydrogens is 534 g/mol. The number of allylic oxidation sites excluding steroid dienone is 2. The van der Waals surface area contributed by atoms with Crippen LogP contribution in [-0.2, 0) is 16.1 Å².